The highest BCUT2D eigenvalue weighted by atomic mass is 32.2. The SMILES string of the molecule is C=Cc1cccc(S(=O)(=O)O)c1CCC(C)C. The predicted octanol–water partition coefficient (Wildman–Crippen LogP) is 3.16. The van der Waals surface area contributed by atoms with E-state index in [0.717, 1.165) is 12.0 Å². The van der Waals surface area contributed by atoms with Gasteiger partial charge in [-0.2, -0.15) is 8.42 Å². The molecule has 1 aromatic rings. The van der Waals surface area contributed by atoms with Gasteiger partial charge in [0.1, 0.15) is 0 Å². The molecule has 1 rings (SSSR count). The molecule has 0 atom stereocenters. The highest BCUT2D eigenvalue weighted by Gasteiger charge is 2.17. The lowest BCUT2D eigenvalue weighted by Gasteiger charge is -2.12. The van der Waals surface area contributed by atoms with Crippen LogP contribution in [0.3, 0.4) is 0 Å². The van der Waals surface area contributed by atoms with E-state index >= 15 is 0 Å². The summed E-state index contributed by atoms with van der Waals surface area (Å²) in [6.07, 6.45) is 3.10. The minimum Gasteiger partial charge on any atom is -0.282 e. The first-order valence-electron chi connectivity index (χ1n) is 5.58. The maximum absolute atomic E-state index is 11.3. The molecule has 3 nitrogen and oxygen atoms in total. The average Bonchev–Trinajstić information content (AvgIpc) is 2.24. The number of hydrogen-bond donors (Lipinski definition) is 1. The molecule has 0 aliphatic carbocycles. The fourth-order valence-corrected chi connectivity index (χ4v) is 2.50. The van der Waals surface area contributed by atoms with Crippen LogP contribution in [0.25, 0.3) is 6.08 Å². The fourth-order valence-electron chi connectivity index (χ4n) is 1.72. The minimum atomic E-state index is -4.16. The molecule has 0 unspecified atom stereocenters. The van der Waals surface area contributed by atoms with Crippen LogP contribution in [0.15, 0.2) is 29.7 Å². The molecule has 0 heterocycles. The van der Waals surface area contributed by atoms with Gasteiger partial charge in [0.15, 0.2) is 0 Å². The summed E-state index contributed by atoms with van der Waals surface area (Å²) in [5, 5.41) is 0. The summed E-state index contributed by atoms with van der Waals surface area (Å²) in [4.78, 5) is -0.00412. The largest absolute Gasteiger partial charge is 0.294 e. The van der Waals surface area contributed by atoms with Crippen molar-refractivity contribution < 1.29 is 13.0 Å². The van der Waals surface area contributed by atoms with Gasteiger partial charge in [0.25, 0.3) is 10.1 Å². The Morgan fingerprint density at radius 1 is 1.41 bits per heavy atom. The van der Waals surface area contributed by atoms with Crippen LogP contribution in [-0.4, -0.2) is 13.0 Å². The molecule has 94 valence electrons. The fraction of sp³-hybridized carbons (Fsp3) is 0.385. The van der Waals surface area contributed by atoms with E-state index in [9.17, 15) is 13.0 Å². The van der Waals surface area contributed by atoms with Crippen molar-refractivity contribution in [2.75, 3.05) is 0 Å². The molecular weight excluding hydrogens is 236 g/mol. The molecule has 4 heteroatoms. The summed E-state index contributed by atoms with van der Waals surface area (Å²) >= 11 is 0. The molecule has 0 fully saturated rings. The third-order valence-corrected chi connectivity index (χ3v) is 3.58. The van der Waals surface area contributed by atoms with Gasteiger partial charge >= 0.3 is 0 Å². The van der Waals surface area contributed by atoms with E-state index in [-0.39, 0.29) is 4.90 Å². The van der Waals surface area contributed by atoms with Crippen molar-refractivity contribution in [3.63, 3.8) is 0 Å². The van der Waals surface area contributed by atoms with Crippen LogP contribution in [0, 0.1) is 5.92 Å². The Labute approximate surface area is 103 Å². The third kappa shape index (κ3) is 3.68. The molecule has 0 aliphatic rings. The van der Waals surface area contributed by atoms with Crippen LogP contribution < -0.4 is 0 Å². The van der Waals surface area contributed by atoms with Gasteiger partial charge in [-0.25, -0.2) is 0 Å². The molecule has 0 saturated heterocycles. The van der Waals surface area contributed by atoms with Gasteiger partial charge in [-0.1, -0.05) is 38.6 Å². The molecule has 0 spiro atoms. The molecule has 0 aromatic heterocycles. The Kier molecular flexibility index (Phi) is 4.48. The zero-order valence-corrected chi connectivity index (χ0v) is 11.0. The van der Waals surface area contributed by atoms with Crippen molar-refractivity contribution in [1.29, 1.82) is 0 Å². The standard InChI is InChI=1S/C13H18O3S/c1-4-11-6-5-7-13(17(14,15)16)12(11)9-8-10(2)3/h4-7,10H,1,8-9H2,2-3H3,(H,14,15,16). The first-order chi connectivity index (χ1) is 7.86. The predicted molar refractivity (Wildman–Crippen MR) is 69.5 cm³/mol. The monoisotopic (exact) mass is 254 g/mol. The van der Waals surface area contributed by atoms with Crippen molar-refractivity contribution >= 4 is 16.2 Å². The van der Waals surface area contributed by atoms with Crippen molar-refractivity contribution in [1.82, 2.24) is 0 Å². The summed E-state index contributed by atoms with van der Waals surface area (Å²) in [6, 6.07) is 4.84. The van der Waals surface area contributed by atoms with Crippen LogP contribution in [0.4, 0.5) is 0 Å². The van der Waals surface area contributed by atoms with Crippen molar-refractivity contribution in [3.05, 3.63) is 35.9 Å². The molecule has 1 aromatic carbocycles. The summed E-state index contributed by atoms with van der Waals surface area (Å²) in [5.74, 6) is 0.474. The van der Waals surface area contributed by atoms with Crippen molar-refractivity contribution in [2.24, 2.45) is 5.92 Å². The Hall–Kier alpha value is -1.13. The second-order valence-corrected chi connectivity index (χ2v) is 5.83. The number of rotatable bonds is 5. The zero-order chi connectivity index (χ0) is 13.1. The molecule has 0 saturated carbocycles. The average molecular weight is 254 g/mol. The van der Waals surface area contributed by atoms with Gasteiger partial charge in [0.2, 0.25) is 0 Å². The topological polar surface area (TPSA) is 54.4 Å². The van der Waals surface area contributed by atoms with E-state index in [1.165, 1.54) is 6.07 Å². The van der Waals surface area contributed by atoms with E-state index in [0.29, 0.717) is 17.9 Å². The second-order valence-electron chi connectivity index (χ2n) is 4.44. The molecular formula is C13H18O3S. The molecule has 0 amide bonds. The Bertz CT molecular complexity index is 501. The summed E-state index contributed by atoms with van der Waals surface area (Å²) in [5.41, 5.74) is 1.42. The summed E-state index contributed by atoms with van der Waals surface area (Å²) in [6.45, 7) is 7.81. The van der Waals surface area contributed by atoms with Crippen LogP contribution in [0.1, 0.15) is 31.4 Å². The van der Waals surface area contributed by atoms with Crippen molar-refractivity contribution in [3.8, 4) is 0 Å². The molecule has 0 bridgehead atoms. The lowest BCUT2D eigenvalue weighted by atomic mass is 9.98. The van der Waals surface area contributed by atoms with E-state index in [1.807, 2.05) is 0 Å². The van der Waals surface area contributed by atoms with Gasteiger partial charge in [-0.05, 0) is 36.0 Å². The molecule has 0 radical (unpaired) electrons. The maximum Gasteiger partial charge on any atom is 0.294 e. The van der Waals surface area contributed by atoms with Gasteiger partial charge < -0.3 is 0 Å². The van der Waals surface area contributed by atoms with Gasteiger partial charge in [0.05, 0.1) is 4.90 Å². The summed E-state index contributed by atoms with van der Waals surface area (Å²) < 4.78 is 31.8. The molecule has 1 N–H and O–H groups in total. The second kappa shape index (κ2) is 5.47. The van der Waals surface area contributed by atoms with E-state index in [4.69, 9.17) is 0 Å². The molecule has 0 aliphatic heterocycles. The highest BCUT2D eigenvalue weighted by molar-refractivity contribution is 7.85. The van der Waals surface area contributed by atoms with Gasteiger partial charge in [0, 0.05) is 0 Å². The van der Waals surface area contributed by atoms with Crippen molar-refractivity contribution in [2.45, 2.75) is 31.6 Å². The zero-order valence-electron chi connectivity index (χ0n) is 10.2. The smallest absolute Gasteiger partial charge is 0.282 e. The van der Waals surface area contributed by atoms with Crippen LogP contribution in [0.2, 0.25) is 0 Å². The maximum atomic E-state index is 11.3. The highest BCUT2D eigenvalue weighted by Crippen LogP contribution is 2.23. The van der Waals surface area contributed by atoms with Crippen LogP contribution in [-0.2, 0) is 16.5 Å². The van der Waals surface area contributed by atoms with Gasteiger partial charge in [-0.3, -0.25) is 4.55 Å². The number of hydrogen-bond acceptors (Lipinski definition) is 2. The number of benzene rings is 1. The van der Waals surface area contributed by atoms with E-state index in [1.54, 1.807) is 18.2 Å². The Morgan fingerprint density at radius 2 is 2.06 bits per heavy atom. The third-order valence-electron chi connectivity index (χ3n) is 2.64. The lowest BCUT2D eigenvalue weighted by Crippen LogP contribution is -2.06. The van der Waals surface area contributed by atoms with Crippen LogP contribution in [0.5, 0.6) is 0 Å². The minimum absolute atomic E-state index is 0.00412. The quantitative estimate of drug-likeness (QED) is 0.821. The molecule has 17 heavy (non-hydrogen) atoms. The van der Waals surface area contributed by atoms with Gasteiger partial charge in [-0.15, -0.1) is 0 Å². The summed E-state index contributed by atoms with van der Waals surface area (Å²) in [7, 11) is -4.16. The normalized spacial score (nSPS) is 11.8. The first kappa shape index (κ1) is 13.9. The first-order valence-corrected chi connectivity index (χ1v) is 7.02. The Morgan fingerprint density at radius 3 is 2.53 bits per heavy atom. The lowest BCUT2D eigenvalue weighted by molar-refractivity contribution is 0.481. The van der Waals surface area contributed by atoms with E-state index < -0.39 is 10.1 Å². The van der Waals surface area contributed by atoms with E-state index in [2.05, 4.69) is 20.4 Å². The Balaban J connectivity index is 3.26. The van der Waals surface area contributed by atoms with Crippen LogP contribution >= 0.6 is 0 Å².